The highest BCUT2D eigenvalue weighted by Crippen LogP contribution is 2.31. The first kappa shape index (κ1) is 13.3. The molecule has 0 N–H and O–H groups in total. The van der Waals surface area contributed by atoms with Gasteiger partial charge in [-0.05, 0) is 26.8 Å². The zero-order valence-corrected chi connectivity index (χ0v) is 11.8. The van der Waals surface area contributed by atoms with Crippen LogP contribution in [0.2, 0.25) is 0 Å². The lowest BCUT2D eigenvalue weighted by Gasteiger charge is -2.21. The smallest absolute Gasteiger partial charge is 0.247 e. The lowest BCUT2D eigenvalue weighted by Crippen LogP contribution is -2.40. The van der Waals surface area contributed by atoms with Gasteiger partial charge in [0.2, 0.25) is 11.8 Å². The lowest BCUT2D eigenvalue weighted by molar-refractivity contribution is -0.139. The second-order valence-corrected chi connectivity index (χ2v) is 5.55. The molecule has 6 heteroatoms. The molecule has 0 aliphatic carbocycles. The van der Waals surface area contributed by atoms with E-state index in [0.717, 1.165) is 31.0 Å². The molecule has 0 spiro atoms. The van der Waals surface area contributed by atoms with E-state index in [-0.39, 0.29) is 23.8 Å². The van der Waals surface area contributed by atoms with Crippen LogP contribution >= 0.6 is 0 Å². The summed E-state index contributed by atoms with van der Waals surface area (Å²) < 4.78 is 5.31. The van der Waals surface area contributed by atoms with Crippen LogP contribution in [0.15, 0.2) is 10.6 Å². The number of hydrogen-bond donors (Lipinski definition) is 0. The van der Waals surface area contributed by atoms with E-state index in [1.807, 2.05) is 19.9 Å². The number of carbonyl (C=O) groups excluding carboxylic acids is 2. The molecule has 3 rings (SSSR count). The molecule has 1 aromatic heterocycles. The largest absolute Gasteiger partial charge is 0.361 e. The summed E-state index contributed by atoms with van der Waals surface area (Å²) in [6.07, 6.45) is 1.26. The highest BCUT2D eigenvalue weighted by Gasteiger charge is 2.43. The molecular weight excluding hydrogens is 258 g/mol. The number of amides is 2. The van der Waals surface area contributed by atoms with Crippen molar-refractivity contribution >= 4 is 11.8 Å². The van der Waals surface area contributed by atoms with Gasteiger partial charge in [-0.2, -0.15) is 0 Å². The topological polar surface area (TPSA) is 66.7 Å². The quantitative estimate of drug-likeness (QED) is 0.769. The summed E-state index contributed by atoms with van der Waals surface area (Å²) >= 11 is 0. The summed E-state index contributed by atoms with van der Waals surface area (Å²) in [5, 5.41) is 3.91. The van der Waals surface area contributed by atoms with Crippen molar-refractivity contribution in [2.45, 2.75) is 38.6 Å². The Hall–Kier alpha value is -1.69. The van der Waals surface area contributed by atoms with Gasteiger partial charge in [-0.3, -0.25) is 19.4 Å². The van der Waals surface area contributed by atoms with Crippen LogP contribution < -0.4 is 0 Å². The zero-order chi connectivity index (χ0) is 14.3. The average Bonchev–Trinajstić information content (AvgIpc) is 3.09. The SMILES string of the molecule is CCN1C(=O)CC(N2CCC(c3cc(C)no3)C2)C1=O. The molecule has 20 heavy (non-hydrogen) atoms. The number of likely N-dealkylation sites (N-methyl/N-ethyl adjacent to an activating group) is 1. The van der Waals surface area contributed by atoms with Crippen LogP contribution in [0, 0.1) is 6.92 Å². The third-order valence-corrected chi connectivity index (χ3v) is 4.25. The standard InChI is InChI=1S/C14H19N3O3/c1-3-17-13(18)7-11(14(17)19)16-5-4-10(8-16)12-6-9(2)15-20-12/h6,10-11H,3-5,7-8H2,1-2H3. The van der Waals surface area contributed by atoms with Crippen molar-refractivity contribution in [3.63, 3.8) is 0 Å². The molecule has 0 radical (unpaired) electrons. The number of hydrogen-bond acceptors (Lipinski definition) is 5. The van der Waals surface area contributed by atoms with Crippen LogP contribution in [0.25, 0.3) is 0 Å². The number of aryl methyl sites for hydroxylation is 1. The van der Waals surface area contributed by atoms with Gasteiger partial charge in [0.05, 0.1) is 18.2 Å². The van der Waals surface area contributed by atoms with Crippen molar-refractivity contribution in [2.75, 3.05) is 19.6 Å². The van der Waals surface area contributed by atoms with Gasteiger partial charge in [-0.1, -0.05) is 5.16 Å². The number of likely N-dealkylation sites (tertiary alicyclic amines) is 2. The third-order valence-electron chi connectivity index (χ3n) is 4.25. The van der Waals surface area contributed by atoms with Crippen molar-refractivity contribution in [1.82, 2.24) is 15.0 Å². The van der Waals surface area contributed by atoms with E-state index < -0.39 is 0 Å². The Morgan fingerprint density at radius 1 is 1.45 bits per heavy atom. The number of carbonyl (C=O) groups is 2. The first-order chi connectivity index (χ1) is 9.60. The monoisotopic (exact) mass is 277 g/mol. The Morgan fingerprint density at radius 3 is 2.85 bits per heavy atom. The Bertz CT molecular complexity index is 540. The number of nitrogens with zero attached hydrogens (tertiary/aromatic N) is 3. The van der Waals surface area contributed by atoms with Gasteiger partial charge in [0.25, 0.3) is 0 Å². The van der Waals surface area contributed by atoms with Crippen molar-refractivity contribution in [1.29, 1.82) is 0 Å². The van der Waals surface area contributed by atoms with Gasteiger partial charge in [0, 0.05) is 25.1 Å². The van der Waals surface area contributed by atoms with Crippen LogP contribution in [0.4, 0.5) is 0 Å². The van der Waals surface area contributed by atoms with Crippen molar-refractivity contribution in [3.8, 4) is 0 Å². The van der Waals surface area contributed by atoms with Crippen molar-refractivity contribution in [3.05, 3.63) is 17.5 Å². The van der Waals surface area contributed by atoms with E-state index in [1.165, 1.54) is 4.90 Å². The van der Waals surface area contributed by atoms with Crippen molar-refractivity contribution < 1.29 is 14.1 Å². The minimum atomic E-state index is -0.281. The summed E-state index contributed by atoms with van der Waals surface area (Å²) in [4.78, 5) is 27.5. The van der Waals surface area contributed by atoms with E-state index >= 15 is 0 Å². The summed E-state index contributed by atoms with van der Waals surface area (Å²) in [6, 6.07) is 1.67. The van der Waals surface area contributed by atoms with Gasteiger partial charge in [-0.15, -0.1) is 0 Å². The molecule has 2 aliphatic heterocycles. The molecule has 2 aliphatic rings. The maximum Gasteiger partial charge on any atom is 0.247 e. The molecule has 2 fully saturated rings. The van der Waals surface area contributed by atoms with Crippen LogP contribution in [-0.2, 0) is 9.59 Å². The van der Waals surface area contributed by atoms with E-state index in [4.69, 9.17) is 4.52 Å². The molecule has 0 saturated carbocycles. The van der Waals surface area contributed by atoms with Crippen LogP contribution in [0.3, 0.4) is 0 Å². The van der Waals surface area contributed by atoms with Gasteiger partial charge >= 0.3 is 0 Å². The normalized spacial score (nSPS) is 27.8. The predicted molar refractivity (Wildman–Crippen MR) is 71.0 cm³/mol. The first-order valence-corrected chi connectivity index (χ1v) is 7.11. The second kappa shape index (κ2) is 5.01. The molecule has 2 amide bonds. The van der Waals surface area contributed by atoms with Crippen LogP contribution in [0.5, 0.6) is 0 Å². The number of aromatic nitrogens is 1. The third kappa shape index (κ3) is 2.14. The Morgan fingerprint density at radius 2 is 2.25 bits per heavy atom. The molecule has 2 saturated heterocycles. The molecule has 1 aromatic rings. The molecule has 108 valence electrons. The maximum atomic E-state index is 12.2. The Labute approximate surface area is 117 Å². The lowest BCUT2D eigenvalue weighted by atomic mass is 10.1. The molecule has 0 bridgehead atoms. The fourth-order valence-electron chi connectivity index (χ4n) is 3.16. The van der Waals surface area contributed by atoms with Crippen molar-refractivity contribution in [2.24, 2.45) is 0 Å². The van der Waals surface area contributed by atoms with Crippen LogP contribution in [0.1, 0.15) is 37.1 Å². The zero-order valence-electron chi connectivity index (χ0n) is 11.8. The molecule has 0 aromatic carbocycles. The minimum absolute atomic E-state index is 0.0492. The fraction of sp³-hybridized carbons (Fsp3) is 0.643. The molecule has 2 atom stereocenters. The van der Waals surface area contributed by atoms with Crippen LogP contribution in [-0.4, -0.2) is 52.4 Å². The number of imide groups is 1. The van der Waals surface area contributed by atoms with E-state index in [2.05, 4.69) is 10.1 Å². The summed E-state index contributed by atoms with van der Waals surface area (Å²) in [5.41, 5.74) is 0.878. The predicted octanol–water partition coefficient (Wildman–Crippen LogP) is 0.920. The Balaban J connectivity index is 1.69. The minimum Gasteiger partial charge on any atom is -0.361 e. The Kier molecular flexibility index (Phi) is 3.33. The summed E-state index contributed by atoms with van der Waals surface area (Å²) in [5.74, 6) is 1.05. The van der Waals surface area contributed by atoms with Gasteiger partial charge < -0.3 is 4.52 Å². The molecule has 3 heterocycles. The summed E-state index contributed by atoms with van der Waals surface area (Å²) in [7, 11) is 0. The van der Waals surface area contributed by atoms with Gasteiger partial charge in [-0.25, -0.2) is 0 Å². The highest BCUT2D eigenvalue weighted by molar-refractivity contribution is 6.05. The maximum absolute atomic E-state index is 12.2. The molecular formula is C14H19N3O3. The summed E-state index contributed by atoms with van der Waals surface area (Å²) in [6.45, 7) is 5.79. The highest BCUT2D eigenvalue weighted by atomic mass is 16.5. The fourth-order valence-corrected chi connectivity index (χ4v) is 3.16. The van der Waals surface area contributed by atoms with E-state index in [1.54, 1.807) is 0 Å². The van der Waals surface area contributed by atoms with Gasteiger partial charge in [0.1, 0.15) is 5.76 Å². The van der Waals surface area contributed by atoms with E-state index in [9.17, 15) is 9.59 Å². The average molecular weight is 277 g/mol. The number of rotatable bonds is 3. The van der Waals surface area contributed by atoms with Gasteiger partial charge in [0.15, 0.2) is 0 Å². The van der Waals surface area contributed by atoms with E-state index in [0.29, 0.717) is 13.0 Å². The molecule has 2 unspecified atom stereocenters. The second-order valence-electron chi connectivity index (χ2n) is 5.55. The molecule has 6 nitrogen and oxygen atoms in total. The first-order valence-electron chi connectivity index (χ1n) is 7.11.